The summed E-state index contributed by atoms with van der Waals surface area (Å²) in [5, 5.41) is 4.03. The third-order valence-corrected chi connectivity index (χ3v) is 2.51. The molecule has 0 saturated carbocycles. The maximum atomic E-state index is 10.9. The van der Waals surface area contributed by atoms with Gasteiger partial charge in [-0.25, -0.2) is 9.67 Å². The van der Waals surface area contributed by atoms with E-state index in [0.717, 1.165) is 10.0 Å². The Bertz CT molecular complexity index is 550. The summed E-state index contributed by atoms with van der Waals surface area (Å²) in [6.07, 6.45) is 3.33. The van der Waals surface area contributed by atoms with Gasteiger partial charge < -0.3 is 5.73 Å². The number of pyridine rings is 1. The number of carbonyl (C=O) groups excluding carboxylic acids is 1. The number of hydrogen-bond acceptors (Lipinski definition) is 3. The number of amides is 1. The van der Waals surface area contributed by atoms with E-state index >= 15 is 0 Å². The number of aromatic nitrogens is 3. The molecule has 5 nitrogen and oxygen atoms in total. The fraction of sp³-hybridized carbons (Fsp3) is 0.100. The normalized spacial score (nSPS) is 10.4. The molecule has 2 N–H and O–H groups in total. The molecule has 0 aliphatic carbocycles. The van der Waals surface area contributed by atoms with Crippen molar-refractivity contribution in [3.8, 4) is 5.82 Å². The molecule has 2 rings (SSSR count). The largest absolute Gasteiger partial charge is 0.364 e. The molecule has 82 valence electrons. The van der Waals surface area contributed by atoms with E-state index < -0.39 is 5.91 Å². The van der Waals surface area contributed by atoms with Gasteiger partial charge >= 0.3 is 0 Å². The smallest absolute Gasteiger partial charge is 0.269 e. The van der Waals surface area contributed by atoms with Crippen LogP contribution in [-0.2, 0) is 0 Å². The van der Waals surface area contributed by atoms with Crippen LogP contribution in [0.4, 0.5) is 0 Å². The molecule has 0 unspecified atom stereocenters. The average Bonchev–Trinajstić information content (AvgIpc) is 2.66. The van der Waals surface area contributed by atoms with Gasteiger partial charge in [0.05, 0.1) is 0 Å². The molecule has 0 fully saturated rings. The number of carbonyl (C=O) groups is 1. The molecular weight excluding hydrogens is 272 g/mol. The highest BCUT2D eigenvalue weighted by molar-refractivity contribution is 9.10. The number of nitrogens with zero attached hydrogens (tertiary/aromatic N) is 3. The topological polar surface area (TPSA) is 73.8 Å². The first-order valence-corrected chi connectivity index (χ1v) is 5.35. The molecule has 2 aromatic rings. The molecule has 0 aromatic carbocycles. The second-order valence-corrected chi connectivity index (χ2v) is 4.22. The number of halogens is 1. The molecule has 2 heterocycles. The van der Waals surface area contributed by atoms with Crippen LogP contribution in [0, 0.1) is 6.92 Å². The lowest BCUT2D eigenvalue weighted by atomic mass is 10.3. The van der Waals surface area contributed by atoms with Gasteiger partial charge in [0.2, 0.25) is 0 Å². The minimum absolute atomic E-state index is 0.226. The number of aryl methyl sites for hydroxylation is 1. The zero-order chi connectivity index (χ0) is 11.7. The Morgan fingerprint density at radius 2 is 2.31 bits per heavy atom. The third-order valence-electron chi connectivity index (χ3n) is 2.08. The number of nitrogens with two attached hydrogens (primary N) is 1. The molecule has 1 amide bonds. The fourth-order valence-corrected chi connectivity index (χ4v) is 1.79. The van der Waals surface area contributed by atoms with E-state index in [1.54, 1.807) is 18.5 Å². The van der Waals surface area contributed by atoms with E-state index in [9.17, 15) is 4.79 Å². The van der Waals surface area contributed by atoms with E-state index in [0.29, 0.717) is 5.82 Å². The van der Waals surface area contributed by atoms with Gasteiger partial charge in [0, 0.05) is 16.9 Å². The molecule has 0 aliphatic heterocycles. The van der Waals surface area contributed by atoms with Crippen LogP contribution in [0.15, 0.2) is 29.0 Å². The summed E-state index contributed by atoms with van der Waals surface area (Å²) >= 11 is 3.33. The molecule has 0 bridgehead atoms. The van der Waals surface area contributed by atoms with Crippen LogP contribution in [-0.4, -0.2) is 20.7 Å². The summed E-state index contributed by atoms with van der Waals surface area (Å²) in [7, 11) is 0. The highest BCUT2D eigenvalue weighted by Crippen LogP contribution is 2.15. The third kappa shape index (κ3) is 1.96. The van der Waals surface area contributed by atoms with E-state index in [2.05, 4.69) is 26.0 Å². The predicted molar refractivity (Wildman–Crippen MR) is 62.3 cm³/mol. The van der Waals surface area contributed by atoms with Crippen molar-refractivity contribution in [2.24, 2.45) is 5.73 Å². The van der Waals surface area contributed by atoms with E-state index in [4.69, 9.17) is 5.73 Å². The van der Waals surface area contributed by atoms with E-state index in [-0.39, 0.29) is 5.69 Å². The zero-order valence-corrected chi connectivity index (χ0v) is 10.1. The van der Waals surface area contributed by atoms with Crippen LogP contribution in [0.2, 0.25) is 0 Å². The molecule has 0 aliphatic rings. The Balaban J connectivity index is 2.46. The number of hydrogen-bond donors (Lipinski definition) is 1. The summed E-state index contributed by atoms with van der Waals surface area (Å²) in [5.74, 6) is 0.129. The molecule has 0 atom stereocenters. The molecule has 0 spiro atoms. The second kappa shape index (κ2) is 4.05. The van der Waals surface area contributed by atoms with Gasteiger partial charge in [-0.3, -0.25) is 4.79 Å². The van der Waals surface area contributed by atoms with Crippen molar-refractivity contribution in [3.63, 3.8) is 0 Å². The first-order chi connectivity index (χ1) is 7.58. The van der Waals surface area contributed by atoms with E-state index in [1.165, 1.54) is 4.68 Å². The van der Waals surface area contributed by atoms with Crippen molar-refractivity contribution in [3.05, 3.63) is 40.3 Å². The summed E-state index contributed by atoms with van der Waals surface area (Å²) < 4.78 is 2.43. The fourth-order valence-electron chi connectivity index (χ4n) is 1.35. The summed E-state index contributed by atoms with van der Waals surface area (Å²) in [6.45, 7) is 1.92. The van der Waals surface area contributed by atoms with Crippen molar-refractivity contribution in [2.45, 2.75) is 6.92 Å². The second-order valence-electron chi connectivity index (χ2n) is 3.30. The Labute approximate surface area is 100 Å². The first-order valence-electron chi connectivity index (χ1n) is 4.56. The van der Waals surface area contributed by atoms with Gasteiger partial charge in [-0.2, -0.15) is 5.10 Å². The Kier molecular flexibility index (Phi) is 2.74. The summed E-state index contributed by atoms with van der Waals surface area (Å²) in [5.41, 5.74) is 6.30. The molecule has 16 heavy (non-hydrogen) atoms. The van der Waals surface area contributed by atoms with E-state index in [1.807, 2.05) is 13.0 Å². The lowest BCUT2D eigenvalue weighted by molar-refractivity contribution is 0.0995. The van der Waals surface area contributed by atoms with Gasteiger partial charge in [0.25, 0.3) is 5.91 Å². The number of rotatable bonds is 2. The van der Waals surface area contributed by atoms with Gasteiger partial charge in [-0.15, -0.1) is 0 Å². The van der Waals surface area contributed by atoms with Crippen LogP contribution < -0.4 is 5.73 Å². The highest BCUT2D eigenvalue weighted by atomic mass is 79.9. The minimum atomic E-state index is -0.548. The Morgan fingerprint density at radius 3 is 2.88 bits per heavy atom. The molecular formula is C10H9BrN4O. The monoisotopic (exact) mass is 280 g/mol. The van der Waals surface area contributed by atoms with Crippen molar-refractivity contribution in [1.29, 1.82) is 0 Å². The molecule has 0 saturated heterocycles. The minimum Gasteiger partial charge on any atom is -0.364 e. The van der Waals surface area contributed by atoms with Gasteiger partial charge in [0.1, 0.15) is 5.69 Å². The van der Waals surface area contributed by atoms with Crippen LogP contribution in [0.5, 0.6) is 0 Å². The number of primary amides is 1. The summed E-state index contributed by atoms with van der Waals surface area (Å²) in [4.78, 5) is 15.1. The quantitative estimate of drug-likeness (QED) is 0.905. The Morgan fingerprint density at radius 1 is 1.56 bits per heavy atom. The summed E-state index contributed by atoms with van der Waals surface area (Å²) in [6, 6.07) is 3.49. The molecule has 6 heteroatoms. The van der Waals surface area contributed by atoms with Crippen molar-refractivity contribution in [1.82, 2.24) is 14.8 Å². The molecule has 2 aromatic heterocycles. The van der Waals surface area contributed by atoms with Crippen molar-refractivity contribution >= 4 is 21.8 Å². The van der Waals surface area contributed by atoms with Crippen molar-refractivity contribution < 1.29 is 4.79 Å². The van der Waals surface area contributed by atoms with Crippen LogP contribution in [0.1, 0.15) is 16.1 Å². The lowest BCUT2D eigenvalue weighted by Gasteiger charge is -2.04. The maximum Gasteiger partial charge on any atom is 0.269 e. The highest BCUT2D eigenvalue weighted by Gasteiger charge is 2.08. The van der Waals surface area contributed by atoms with Gasteiger partial charge in [-0.1, -0.05) is 0 Å². The predicted octanol–water partition coefficient (Wildman–Crippen LogP) is 1.44. The SMILES string of the molecule is Cc1cc(Br)cnc1-n1ccc(C(N)=O)n1. The maximum absolute atomic E-state index is 10.9. The van der Waals surface area contributed by atoms with Crippen molar-refractivity contribution in [2.75, 3.05) is 0 Å². The van der Waals surface area contributed by atoms with Gasteiger partial charge in [-0.05, 0) is 40.5 Å². The van der Waals surface area contributed by atoms with Crippen LogP contribution in [0.3, 0.4) is 0 Å². The zero-order valence-electron chi connectivity index (χ0n) is 8.51. The Hall–Kier alpha value is -1.69. The van der Waals surface area contributed by atoms with Crippen LogP contribution >= 0.6 is 15.9 Å². The first kappa shape index (κ1) is 10.8. The molecule has 0 radical (unpaired) electrons. The van der Waals surface area contributed by atoms with Gasteiger partial charge in [0.15, 0.2) is 5.82 Å². The average molecular weight is 281 g/mol. The van der Waals surface area contributed by atoms with Crippen LogP contribution in [0.25, 0.3) is 5.82 Å². The standard InChI is InChI=1S/C10H9BrN4O/c1-6-4-7(11)5-13-10(6)15-3-2-8(14-15)9(12)16/h2-5H,1H3,(H2,12,16). The lowest BCUT2D eigenvalue weighted by Crippen LogP contribution is -2.12.